The number of hydrazone groups is 1. The summed E-state index contributed by atoms with van der Waals surface area (Å²) in [6.07, 6.45) is 3.27. The Bertz CT molecular complexity index is 895. The Hall–Kier alpha value is -3.39. The molecule has 0 fully saturated rings. The molecule has 0 aliphatic carbocycles. The zero-order chi connectivity index (χ0) is 17.9. The van der Waals surface area contributed by atoms with Gasteiger partial charge in [0.05, 0.1) is 6.07 Å². The first-order valence-electron chi connectivity index (χ1n) is 7.91. The number of anilines is 1. The zero-order valence-corrected chi connectivity index (χ0v) is 14.1. The highest BCUT2D eigenvalue weighted by Gasteiger charge is 2.42. The number of allylic oxidation sites excluding steroid dienone is 2. The van der Waals surface area contributed by atoms with Crippen molar-refractivity contribution < 1.29 is 4.79 Å². The van der Waals surface area contributed by atoms with Crippen LogP contribution in [-0.4, -0.2) is 19.2 Å². The van der Waals surface area contributed by atoms with Crippen LogP contribution in [0.15, 0.2) is 71.5 Å². The molecule has 124 valence electrons. The Morgan fingerprint density at radius 2 is 1.88 bits per heavy atom. The highest BCUT2D eigenvalue weighted by Crippen LogP contribution is 2.46. The van der Waals surface area contributed by atoms with Crippen LogP contribution < -0.4 is 10.3 Å². The van der Waals surface area contributed by atoms with Crippen LogP contribution >= 0.6 is 0 Å². The van der Waals surface area contributed by atoms with Gasteiger partial charge in [-0.2, -0.15) is 10.4 Å². The number of para-hydroxylation sites is 1. The Balaban J connectivity index is 1.80. The van der Waals surface area contributed by atoms with Gasteiger partial charge in [-0.3, -0.25) is 4.79 Å². The number of fused-ring (bicyclic) bond motifs is 1. The van der Waals surface area contributed by atoms with E-state index in [0.29, 0.717) is 5.56 Å². The van der Waals surface area contributed by atoms with Crippen LogP contribution in [-0.2, 0) is 5.41 Å². The van der Waals surface area contributed by atoms with E-state index in [4.69, 9.17) is 0 Å². The second-order valence-electron chi connectivity index (χ2n) is 5.95. The molecule has 1 unspecified atom stereocenters. The zero-order valence-electron chi connectivity index (χ0n) is 14.1. The molecule has 1 atom stereocenters. The average Bonchev–Trinajstić information content (AvgIpc) is 2.88. The lowest BCUT2D eigenvalue weighted by molar-refractivity contribution is 0.0955. The molecule has 0 radical (unpaired) electrons. The summed E-state index contributed by atoms with van der Waals surface area (Å²) in [5.41, 5.74) is 5.06. The van der Waals surface area contributed by atoms with E-state index in [2.05, 4.69) is 16.6 Å². The molecule has 5 heteroatoms. The lowest BCUT2D eigenvalue weighted by atomic mass is 9.83. The van der Waals surface area contributed by atoms with Gasteiger partial charge in [-0.05, 0) is 31.2 Å². The van der Waals surface area contributed by atoms with Gasteiger partial charge in [0.2, 0.25) is 0 Å². The summed E-state index contributed by atoms with van der Waals surface area (Å²) in [6, 6.07) is 19.1. The van der Waals surface area contributed by atoms with Crippen molar-refractivity contribution in [1.82, 2.24) is 5.43 Å². The fraction of sp³-hybridized carbons (Fsp3) is 0.150. The molecular formula is C20H18N4O. The highest BCUT2D eigenvalue weighted by molar-refractivity contribution is 5.94. The number of nitrogens with zero attached hydrogens (tertiary/aromatic N) is 3. The van der Waals surface area contributed by atoms with Gasteiger partial charge in [0, 0.05) is 35.8 Å². The van der Waals surface area contributed by atoms with E-state index < -0.39 is 5.41 Å². The van der Waals surface area contributed by atoms with Crippen molar-refractivity contribution in [2.24, 2.45) is 5.10 Å². The van der Waals surface area contributed by atoms with E-state index in [1.165, 1.54) is 6.21 Å². The summed E-state index contributed by atoms with van der Waals surface area (Å²) in [7, 11) is 1.92. The molecule has 0 spiro atoms. The van der Waals surface area contributed by atoms with Gasteiger partial charge in [0.1, 0.15) is 5.41 Å². The number of amides is 1. The molecule has 2 aromatic carbocycles. The van der Waals surface area contributed by atoms with Crippen LogP contribution in [0.3, 0.4) is 0 Å². The number of carbonyl (C=O) groups excluding carboxylic acids is 1. The molecule has 0 saturated carbocycles. The third-order valence-corrected chi connectivity index (χ3v) is 4.41. The fourth-order valence-corrected chi connectivity index (χ4v) is 3.05. The maximum Gasteiger partial charge on any atom is 0.271 e. The van der Waals surface area contributed by atoms with Gasteiger partial charge in [-0.1, -0.05) is 36.4 Å². The van der Waals surface area contributed by atoms with Gasteiger partial charge < -0.3 is 4.90 Å². The van der Waals surface area contributed by atoms with Crippen LogP contribution in [0.2, 0.25) is 0 Å². The van der Waals surface area contributed by atoms with Crippen LogP contribution in [0.5, 0.6) is 0 Å². The maximum atomic E-state index is 12.0. The summed E-state index contributed by atoms with van der Waals surface area (Å²) >= 11 is 0. The highest BCUT2D eigenvalue weighted by atomic mass is 16.2. The third kappa shape index (κ3) is 2.90. The smallest absolute Gasteiger partial charge is 0.271 e. The summed E-state index contributed by atoms with van der Waals surface area (Å²) in [6.45, 7) is 1.89. The van der Waals surface area contributed by atoms with E-state index in [0.717, 1.165) is 16.9 Å². The minimum absolute atomic E-state index is 0.277. The molecule has 1 heterocycles. The summed E-state index contributed by atoms with van der Waals surface area (Å²) in [5.74, 6) is -0.277. The number of hydrogen-bond acceptors (Lipinski definition) is 4. The number of hydrogen-bond donors (Lipinski definition) is 1. The Labute approximate surface area is 146 Å². The van der Waals surface area contributed by atoms with Crippen LogP contribution in [0.25, 0.3) is 0 Å². The second-order valence-corrected chi connectivity index (χ2v) is 5.95. The fourth-order valence-electron chi connectivity index (χ4n) is 3.05. The molecule has 1 aliphatic heterocycles. The standard InChI is InChI=1S/C20H18N4O/c1-20(14-21)16-10-6-7-11-17(16)24(2)18(20)12-13-22-23-19(25)15-8-4-3-5-9-15/h3-13H,1-2H3,(H,23,25)/b18-12-,22-13+. The first kappa shape index (κ1) is 16.5. The predicted molar refractivity (Wildman–Crippen MR) is 98.3 cm³/mol. The Kier molecular flexibility index (Phi) is 4.36. The van der Waals surface area contributed by atoms with Gasteiger partial charge in [0.25, 0.3) is 5.91 Å². The molecule has 1 amide bonds. The number of nitriles is 1. The van der Waals surface area contributed by atoms with E-state index in [9.17, 15) is 10.1 Å². The molecule has 0 aromatic heterocycles. The summed E-state index contributed by atoms with van der Waals surface area (Å²) in [4.78, 5) is 13.9. The lowest BCUT2D eigenvalue weighted by Gasteiger charge is -2.20. The lowest BCUT2D eigenvalue weighted by Crippen LogP contribution is -2.25. The van der Waals surface area contributed by atoms with Crippen LogP contribution in [0, 0.1) is 11.3 Å². The molecule has 3 rings (SSSR count). The van der Waals surface area contributed by atoms with Crippen LogP contribution in [0.4, 0.5) is 5.69 Å². The normalized spacial score (nSPS) is 20.5. The molecule has 1 aliphatic rings. The summed E-state index contributed by atoms with van der Waals surface area (Å²) in [5, 5.41) is 13.7. The van der Waals surface area contributed by atoms with Crippen molar-refractivity contribution in [3.63, 3.8) is 0 Å². The van der Waals surface area contributed by atoms with Gasteiger partial charge in [0.15, 0.2) is 0 Å². The van der Waals surface area contributed by atoms with Crippen molar-refractivity contribution in [3.8, 4) is 6.07 Å². The number of nitrogens with one attached hydrogen (secondary N) is 1. The van der Waals surface area contributed by atoms with Gasteiger partial charge in [-0.15, -0.1) is 0 Å². The molecule has 1 N–H and O–H groups in total. The quantitative estimate of drug-likeness (QED) is 0.694. The van der Waals surface area contributed by atoms with E-state index in [1.807, 2.05) is 49.2 Å². The predicted octanol–water partition coefficient (Wildman–Crippen LogP) is 3.22. The summed E-state index contributed by atoms with van der Waals surface area (Å²) < 4.78 is 0. The first-order valence-corrected chi connectivity index (χ1v) is 7.91. The van der Waals surface area contributed by atoms with E-state index >= 15 is 0 Å². The third-order valence-electron chi connectivity index (χ3n) is 4.41. The molecule has 5 nitrogen and oxygen atoms in total. The molecule has 25 heavy (non-hydrogen) atoms. The topological polar surface area (TPSA) is 68.5 Å². The minimum Gasteiger partial charge on any atom is -0.346 e. The van der Waals surface area contributed by atoms with Crippen LogP contribution in [0.1, 0.15) is 22.8 Å². The van der Waals surface area contributed by atoms with Crippen molar-refractivity contribution in [3.05, 3.63) is 77.5 Å². The Morgan fingerprint density at radius 3 is 2.60 bits per heavy atom. The van der Waals surface area contributed by atoms with E-state index in [1.54, 1.807) is 30.3 Å². The van der Waals surface area contributed by atoms with Crippen molar-refractivity contribution in [1.29, 1.82) is 5.26 Å². The maximum absolute atomic E-state index is 12.0. The molecular weight excluding hydrogens is 312 g/mol. The molecule has 0 saturated heterocycles. The van der Waals surface area contributed by atoms with Gasteiger partial charge in [-0.25, -0.2) is 5.43 Å². The van der Waals surface area contributed by atoms with E-state index in [-0.39, 0.29) is 5.91 Å². The number of rotatable bonds is 3. The second kappa shape index (κ2) is 6.62. The average molecular weight is 330 g/mol. The molecule has 0 bridgehead atoms. The number of likely N-dealkylation sites (N-methyl/N-ethyl adjacent to an activating group) is 1. The van der Waals surface area contributed by atoms with Crippen molar-refractivity contribution in [2.75, 3.05) is 11.9 Å². The number of benzene rings is 2. The molecule has 2 aromatic rings. The first-order chi connectivity index (χ1) is 12.1. The van der Waals surface area contributed by atoms with Crippen molar-refractivity contribution in [2.45, 2.75) is 12.3 Å². The SMILES string of the molecule is CN1/C(=C\C=N\NC(=O)c2ccccc2)C(C)(C#N)c2ccccc21. The van der Waals surface area contributed by atoms with Gasteiger partial charge >= 0.3 is 0 Å². The minimum atomic E-state index is -0.749. The number of carbonyl (C=O) groups is 1. The largest absolute Gasteiger partial charge is 0.346 e. The monoisotopic (exact) mass is 330 g/mol. The Morgan fingerprint density at radius 1 is 1.20 bits per heavy atom. The van der Waals surface area contributed by atoms with Crippen molar-refractivity contribution >= 4 is 17.8 Å².